The van der Waals surface area contributed by atoms with Crippen LogP contribution in [-0.2, 0) is 18.3 Å². The summed E-state index contributed by atoms with van der Waals surface area (Å²) in [6.45, 7) is 3.02. The average Bonchev–Trinajstić information content (AvgIpc) is 3.26. The molecule has 1 amide bonds. The van der Waals surface area contributed by atoms with Crippen LogP contribution in [0.1, 0.15) is 50.5 Å². The van der Waals surface area contributed by atoms with E-state index in [0.29, 0.717) is 5.91 Å². The Hall–Kier alpha value is -1.36. The first-order valence-electron chi connectivity index (χ1n) is 9.60. The fourth-order valence-electron chi connectivity index (χ4n) is 4.35. The van der Waals surface area contributed by atoms with Crippen LogP contribution in [0.25, 0.3) is 0 Å². The average molecular weight is 332 g/mol. The van der Waals surface area contributed by atoms with Gasteiger partial charge in [0.1, 0.15) is 0 Å². The Kier molecular flexibility index (Phi) is 5.93. The Bertz CT molecular complexity index is 535. The lowest BCUT2D eigenvalue weighted by Gasteiger charge is -2.37. The van der Waals surface area contributed by atoms with Gasteiger partial charge in [0.2, 0.25) is 5.91 Å². The van der Waals surface area contributed by atoms with Gasteiger partial charge in [0.25, 0.3) is 0 Å². The van der Waals surface area contributed by atoms with E-state index >= 15 is 0 Å². The van der Waals surface area contributed by atoms with E-state index in [1.807, 2.05) is 29.9 Å². The van der Waals surface area contributed by atoms with Gasteiger partial charge in [-0.2, -0.15) is 5.10 Å². The third kappa shape index (κ3) is 4.38. The Morgan fingerprint density at radius 3 is 2.79 bits per heavy atom. The molecule has 5 nitrogen and oxygen atoms in total. The molecule has 2 aliphatic rings. The number of rotatable bonds is 6. The van der Waals surface area contributed by atoms with Gasteiger partial charge in [0.05, 0.1) is 12.1 Å². The molecule has 0 bridgehead atoms. The van der Waals surface area contributed by atoms with Crippen LogP contribution in [0.4, 0.5) is 0 Å². The SMILES string of the molecule is CN(CCCc1cnn(C)c1)C(=O)[C@H]1CCCN(C2CCCC2)C1. The van der Waals surface area contributed by atoms with Crippen molar-refractivity contribution in [2.45, 2.75) is 57.4 Å². The van der Waals surface area contributed by atoms with E-state index in [-0.39, 0.29) is 5.92 Å². The summed E-state index contributed by atoms with van der Waals surface area (Å²) in [6.07, 6.45) is 13.6. The van der Waals surface area contributed by atoms with Crippen molar-refractivity contribution >= 4 is 5.91 Å². The van der Waals surface area contributed by atoms with E-state index in [1.165, 1.54) is 44.2 Å². The van der Waals surface area contributed by atoms with Gasteiger partial charge in [-0.3, -0.25) is 14.4 Å². The fourth-order valence-corrected chi connectivity index (χ4v) is 4.35. The van der Waals surface area contributed by atoms with Crippen molar-refractivity contribution in [3.8, 4) is 0 Å². The number of hydrogen-bond donors (Lipinski definition) is 0. The van der Waals surface area contributed by atoms with E-state index in [2.05, 4.69) is 16.2 Å². The molecule has 1 saturated heterocycles. The molecule has 1 atom stereocenters. The first-order valence-corrected chi connectivity index (χ1v) is 9.60. The molecule has 2 heterocycles. The van der Waals surface area contributed by atoms with Crippen LogP contribution in [0.5, 0.6) is 0 Å². The van der Waals surface area contributed by atoms with Crippen LogP contribution in [-0.4, -0.2) is 58.2 Å². The molecule has 3 rings (SSSR count). The molecule has 1 saturated carbocycles. The predicted octanol–water partition coefficient (Wildman–Crippen LogP) is 2.47. The standard InChI is InChI=1S/C19H32N4O/c1-21(11-5-7-16-13-20-22(2)14-16)19(24)17-8-6-12-23(15-17)18-9-3-4-10-18/h13-14,17-18H,3-12,15H2,1-2H3/t17-/m0/s1. The van der Waals surface area contributed by atoms with Crippen molar-refractivity contribution in [2.75, 3.05) is 26.7 Å². The molecule has 0 unspecified atom stereocenters. The predicted molar refractivity (Wildman–Crippen MR) is 95.7 cm³/mol. The van der Waals surface area contributed by atoms with Crippen LogP contribution in [0, 0.1) is 5.92 Å². The summed E-state index contributed by atoms with van der Waals surface area (Å²) >= 11 is 0. The third-order valence-corrected chi connectivity index (χ3v) is 5.74. The minimum Gasteiger partial charge on any atom is -0.345 e. The molecule has 0 N–H and O–H groups in total. The Balaban J connectivity index is 1.43. The van der Waals surface area contributed by atoms with Gasteiger partial charge < -0.3 is 4.90 Å². The highest BCUT2D eigenvalue weighted by Crippen LogP contribution is 2.28. The molecular formula is C19H32N4O. The molecule has 1 aliphatic carbocycles. The molecule has 5 heteroatoms. The lowest BCUT2D eigenvalue weighted by molar-refractivity contribution is -0.136. The van der Waals surface area contributed by atoms with E-state index in [4.69, 9.17) is 0 Å². The zero-order valence-corrected chi connectivity index (χ0v) is 15.3. The summed E-state index contributed by atoms with van der Waals surface area (Å²) in [5.74, 6) is 0.562. The van der Waals surface area contributed by atoms with E-state index < -0.39 is 0 Å². The zero-order valence-electron chi connectivity index (χ0n) is 15.3. The highest BCUT2D eigenvalue weighted by atomic mass is 16.2. The van der Waals surface area contributed by atoms with Crippen molar-refractivity contribution in [3.63, 3.8) is 0 Å². The van der Waals surface area contributed by atoms with Gasteiger partial charge >= 0.3 is 0 Å². The summed E-state index contributed by atoms with van der Waals surface area (Å²) in [6, 6.07) is 0.747. The fraction of sp³-hybridized carbons (Fsp3) is 0.789. The molecule has 0 spiro atoms. The van der Waals surface area contributed by atoms with Gasteiger partial charge in [-0.1, -0.05) is 12.8 Å². The second kappa shape index (κ2) is 8.15. The first-order chi connectivity index (χ1) is 11.6. The molecule has 0 radical (unpaired) electrons. The molecule has 24 heavy (non-hydrogen) atoms. The second-order valence-corrected chi connectivity index (χ2v) is 7.66. The first kappa shape index (κ1) is 17.5. The number of carbonyl (C=O) groups excluding carboxylic acids is 1. The van der Waals surface area contributed by atoms with Gasteiger partial charge in [-0.15, -0.1) is 0 Å². The highest BCUT2D eigenvalue weighted by molar-refractivity contribution is 5.78. The maximum atomic E-state index is 12.8. The summed E-state index contributed by atoms with van der Waals surface area (Å²) in [7, 11) is 3.92. The monoisotopic (exact) mass is 332 g/mol. The van der Waals surface area contributed by atoms with E-state index in [0.717, 1.165) is 38.4 Å². The molecule has 134 valence electrons. The summed E-state index contributed by atoms with van der Waals surface area (Å²) in [5.41, 5.74) is 1.25. The van der Waals surface area contributed by atoms with Crippen LogP contribution in [0.15, 0.2) is 12.4 Å². The number of aromatic nitrogens is 2. The number of carbonyl (C=O) groups is 1. The number of aryl methyl sites for hydroxylation is 2. The lowest BCUT2D eigenvalue weighted by Crippen LogP contribution is -2.47. The Morgan fingerprint density at radius 2 is 2.08 bits per heavy atom. The van der Waals surface area contributed by atoms with Gasteiger partial charge in [-0.25, -0.2) is 0 Å². The molecule has 1 aromatic rings. The van der Waals surface area contributed by atoms with Crippen molar-refractivity contribution in [1.82, 2.24) is 19.6 Å². The van der Waals surface area contributed by atoms with Gasteiger partial charge in [0, 0.05) is 39.4 Å². The maximum absolute atomic E-state index is 12.8. The smallest absolute Gasteiger partial charge is 0.226 e. The number of likely N-dealkylation sites (tertiary alicyclic amines) is 1. The molecule has 1 aliphatic heterocycles. The Labute approximate surface area is 146 Å². The molecule has 1 aromatic heterocycles. The Morgan fingerprint density at radius 1 is 1.29 bits per heavy atom. The minimum absolute atomic E-state index is 0.211. The van der Waals surface area contributed by atoms with E-state index in [1.54, 1.807) is 0 Å². The lowest BCUT2D eigenvalue weighted by atomic mass is 9.95. The third-order valence-electron chi connectivity index (χ3n) is 5.74. The van der Waals surface area contributed by atoms with Crippen LogP contribution < -0.4 is 0 Å². The van der Waals surface area contributed by atoms with Crippen molar-refractivity contribution < 1.29 is 4.79 Å². The van der Waals surface area contributed by atoms with Crippen molar-refractivity contribution in [3.05, 3.63) is 18.0 Å². The summed E-state index contributed by atoms with van der Waals surface area (Å²) < 4.78 is 1.84. The van der Waals surface area contributed by atoms with Crippen LogP contribution in [0.3, 0.4) is 0 Å². The van der Waals surface area contributed by atoms with Crippen LogP contribution >= 0.6 is 0 Å². The van der Waals surface area contributed by atoms with Crippen molar-refractivity contribution in [1.29, 1.82) is 0 Å². The minimum atomic E-state index is 0.211. The zero-order chi connectivity index (χ0) is 16.9. The molecular weight excluding hydrogens is 300 g/mol. The van der Waals surface area contributed by atoms with Gasteiger partial charge in [-0.05, 0) is 50.6 Å². The second-order valence-electron chi connectivity index (χ2n) is 7.66. The molecule has 2 fully saturated rings. The molecule has 0 aromatic carbocycles. The highest BCUT2D eigenvalue weighted by Gasteiger charge is 2.32. The maximum Gasteiger partial charge on any atom is 0.226 e. The largest absolute Gasteiger partial charge is 0.345 e. The summed E-state index contributed by atoms with van der Waals surface area (Å²) in [4.78, 5) is 17.3. The summed E-state index contributed by atoms with van der Waals surface area (Å²) in [5, 5.41) is 4.20. The number of nitrogens with zero attached hydrogens (tertiary/aromatic N) is 4. The van der Waals surface area contributed by atoms with Gasteiger partial charge in [0.15, 0.2) is 0 Å². The number of amides is 1. The normalized spacial score (nSPS) is 22.8. The van der Waals surface area contributed by atoms with Crippen molar-refractivity contribution in [2.24, 2.45) is 13.0 Å². The number of piperidine rings is 1. The number of hydrogen-bond acceptors (Lipinski definition) is 3. The van der Waals surface area contributed by atoms with Crippen LogP contribution in [0.2, 0.25) is 0 Å². The topological polar surface area (TPSA) is 41.4 Å². The quantitative estimate of drug-likeness (QED) is 0.803. The van der Waals surface area contributed by atoms with E-state index in [9.17, 15) is 4.79 Å².